The van der Waals surface area contributed by atoms with Crippen LogP contribution in [0.3, 0.4) is 0 Å². The van der Waals surface area contributed by atoms with Gasteiger partial charge in [0.25, 0.3) is 5.92 Å². The zero-order chi connectivity index (χ0) is 21.2. The highest BCUT2D eigenvalue weighted by atomic mass is 19.3. The highest BCUT2D eigenvalue weighted by molar-refractivity contribution is 5.75. The molecule has 3 aromatic rings. The SMILES string of the molecule is CC(F)(F)CC#N.CC[C@@H]1CN(C(N)=O)C[C@@H]1c1cnc2cnc3[nH]ccc3n12. The van der Waals surface area contributed by atoms with Gasteiger partial charge in [-0.3, -0.25) is 4.40 Å². The first kappa shape index (κ1) is 20.5. The van der Waals surface area contributed by atoms with Gasteiger partial charge < -0.3 is 15.6 Å². The summed E-state index contributed by atoms with van der Waals surface area (Å²) in [6, 6.07) is 3.02. The maximum atomic E-state index is 11.5. The number of carbonyl (C=O) groups is 1. The van der Waals surface area contributed by atoms with E-state index in [1.54, 1.807) is 11.1 Å². The fourth-order valence-corrected chi connectivity index (χ4v) is 3.69. The van der Waals surface area contributed by atoms with E-state index >= 15 is 0 Å². The van der Waals surface area contributed by atoms with Gasteiger partial charge in [0.1, 0.15) is 0 Å². The van der Waals surface area contributed by atoms with Gasteiger partial charge in [0.05, 0.1) is 24.2 Å². The number of nitrogens with two attached hydrogens (primary N) is 1. The lowest BCUT2D eigenvalue weighted by Crippen LogP contribution is -2.33. The Morgan fingerprint density at radius 1 is 1.41 bits per heavy atom. The molecule has 0 unspecified atom stereocenters. The maximum Gasteiger partial charge on any atom is 0.314 e. The molecule has 2 atom stereocenters. The molecule has 0 saturated carbocycles. The van der Waals surface area contributed by atoms with Crippen LogP contribution in [-0.2, 0) is 0 Å². The minimum Gasteiger partial charge on any atom is -0.351 e. The van der Waals surface area contributed by atoms with E-state index in [1.165, 1.54) is 6.07 Å². The largest absolute Gasteiger partial charge is 0.351 e. The molecule has 1 saturated heterocycles. The number of hydrogen-bond donors (Lipinski definition) is 2. The van der Waals surface area contributed by atoms with Crippen molar-refractivity contribution in [1.29, 1.82) is 5.26 Å². The van der Waals surface area contributed by atoms with Crippen molar-refractivity contribution in [3.05, 3.63) is 30.4 Å². The van der Waals surface area contributed by atoms with Crippen LogP contribution >= 0.6 is 0 Å². The second-order valence-electron chi connectivity index (χ2n) is 7.27. The van der Waals surface area contributed by atoms with Crippen LogP contribution in [0.15, 0.2) is 24.7 Å². The van der Waals surface area contributed by atoms with Gasteiger partial charge in [-0.15, -0.1) is 0 Å². The van der Waals surface area contributed by atoms with Crippen molar-refractivity contribution in [1.82, 2.24) is 24.3 Å². The van der Waals surface area contributed by atoms with E-state index in [0.717, 1.165) is 35.8 Å². The lowest BCUT2D eigenvalue weighted by molar-refractivity contribution is 0.0274. The van der Waals surface area contributed by atoms with Crippen LogP contribution in [0.1, 0.15) is 38.3 Å². The van der Waals surface area contributed by atoms with E-state index in [2.05, 4.69) is 26.3 Å². The normalized spacial score (nSPS) is 19.2. The molecule has 4 heterocycles. The molecule has 0 radical (unpaired) electrons. The summed E-state index contributed by atoms with van der Waals surface area (Å²) in [5.41, 5.74) is 9.27. The topological polar surface area (TPSA) is 116 Å². The molecule has 0 spiro atoms. The quantitative estimate of drug-likeness (QED) is 0.698. The number of urea groups is 1. The molecule has 0 aromatic carbocycles. The van der Waals surface area contributed by atoms with Gasteiger partial charge in [-0.05, 0) is 12.0 Å². The molecule has 29 heavy (non-hydrogen) atoms. The highest BCUT2D eigenvalue weighted by Crippen LogP contribution is 2.35. The lowest BCUT2D eigenvalue weighted by atomic mass is 9.91. The van der Waals surface area contributed by atoms with E-state index in [1.807, 2.05) is 18.5 Å². The molecule has 1 aliphatic rings. The Balaban J connectivity index is 0.000000298. The summed E-state index contributed by atoms with van der Waals surface area (Å²) in [5, 5.41) is 7.67. The van der Waals surface area contributed by atoms with Crippen LogP contribution in [0.4, 0.5) is 13.6 Å². The number of alkyl halides is 2. The van der Waals surface area contributed by atoms with E-state index in [-0.39, 0.29) is 11.9 Å². The molecule has 0 bridgehead atoms. The zero-order valence-electron chi connectivity index (χ0n) is 16.3. The van der Waals surface area contributed by atoms with Gasteiger partial charge in [0, 0.05) is 44.0 Å². The summed E-state index contributed by atoms with van der Waals surface area (Å²) >= 11 is 0. The number of aromatic amines is 1. The van der Waals surface area contributed by atoms with E-state index in [9.17, 15) is 13.6 Å². The third-order valence-electron chi connectivity index (χ3n) is 5.12. The van der Waals surface area contributed by atoms with E-state index in [4.69, 9.17) is 11.0 Å². The molecular formula is C19H23F2N7O. The Kier molecular flexibility index (Phi) is 5.68. The molecule has 2 amide bonds. The smallest absolute Gasteiger partial charge is 0.314 e. The number of fused-ring (bicyclic) bond motifs is 3. The molecule has 0 aliphatic carbocycles. The number of nitrogens with zero attached hydrogens (tertiary/aromatic N) is 5. The Hall–Kier alpha value is -3.22. The summed E-state index contributed by atoms with van der Waals surface area (Å²) in [5.74, 6) is -2.17. The van der Waals surface area contributed by atoms with Crippen molar-refractivity contribution in [3.8, 4) is 6.07 Å². The lowest BCUT2D eigenvalue weighted by Gasteiger charge is -2.16. The number of halogens is 2. The van der Waals surface area contributed by atoms with Crippen molar-refractivity contribution in [2.45, 2.75) is 38.5 Å². The van der Waals surface area contributed by atoms with Crippen molar-refractivity contribution in [2.75, 3.05) is 13.1 Å². The predicted octanol–water partition coefficient (Wildman–Crippen LogP) is 3.27. The number of imidazole rings is 1. The Labute approximate surface area is 166 Å². The molecule has 154 valence electrons. The average molecular weight is 403 g/mol. The molecule has 4 rings (SSSR count). The minimum absolute atomic E-state index is 0.244. The van der Waals surface area contributed by atoms with Crippen LogP contribution in [-0.4, -0.2) is 49.3 Å². The molecule has 1 aliphatic heterocycles. The van der Waals surface area contributed by atoms with Crippen LogP contribution in [0.5, 0.6) is 0 Å². The van der Waals surface area contributed by atoms with Gasteiger partial charge in [-0.25, -0.2) is 23.5 Å². The van der Waals surface area contributed by atoms with Gasteiger partial charge >= 0.3 is 6.03 Å². The number of rotatable bonds is 3. The summed E-state index contributed by atoms with van der Waals surface area (Å²) in [4.78, 5) is 25.2. The van der Waals surface area contributed by atoms with Crippen molar-refractivity contribution < 1.29 is 13.6 Å². The van der Waals surface area contributed by atoms with Gasteiger partial charge in [-0.2, -0.15) is 5.26 Å². The minimum atomic E-state index is -2.81. The average Bonchev–Trinajstić information content (AvgIpc) is 3.36. The van der Waals surface area contributed by atoms with E-state index < -0.39 is 12.3 Å². The number of carbonyl (C=O) groups excluding carboxylic acids is 1. The van der Waals surface area contributed by atoms with Gasteiger partial charge in [0.15, 0.2) is 11.3 Å². The number of H-pyrrole nitrogens is 1. The number of nitriles is 1. The second-order valence-corrected chi connectivity index (χ2v) is 7.27. The molecular weight excluding hydrogens is 380 g/mol. The Bertz CT molecular complexity index is 1050. The highest BCUT2D eigenvalue weighted by Gasteiger charge is 2.36. The molecule has 10 heteroatoms. The number of primary amides is 1. The Morgan fingerprint density at radius 3 is 2.76 bits per heavy atom. The van der Waals surface area contributed by atoms with Gasteiger partial charge in [0.2, 0.25) is 0 Å². The number of nitrogens with one attached hydrogen (secondary N) is 1. The van der Waals surface area contributed by atoms with Crippen LogP contribution < -0.4 is 5.73 Å². The predicted molar refractivity (Wildman–Crippen MR) is 103 cm³/mol. The first-order valence-electron chi connectivity index (χ1n) is 9.33. The summed E-state index contributed by atoms with van der Waals surface area (Å²) in [7, 11) is 0. The first-order chi connectivity index (χ1) is 13.7. The molecule has 1 fully saturated rings. The van der Waals surface area contributed by atoms with Gasteiger partial charge in [-0.1, -0.05) is 13.3 Å². The number of hydrogen-bond acceptors (Lipinski definition) is 4. The Morgan fingerprint density at radius 2 is 2.17 bits per heavy atom. The number of aromatic nitrogens is 4. The maximum absolute atomic E-state index is 11.5. The zero-order valence-corrected chi connectivity index (χ0v) is 16.3. The van der Waals surface area contributed by atoms with Crippen molar-refractivity contribution in [3.63, 3.8) is 0 Å². The third-order valence-corrected chi connectivity index (χ3v) is 5.12. The van der Waals surface area contributed by atoms with Crippen LogP contribution in [0.2, 0.25) is 0 Å². The van der Waals surface area contributed by atoms with Crippen LogP contribution in [0.25, 0.3) is 16.8 Å². The van der Waals surface area contributed by atoms with E-state index in [0.29, 0.717) is 19.0 Å². The molecule has 3 aromatic heterocycles. The van der Waals surface area contributed by atoms with Crippen molar-refractivity contribution in [2.24, 2.45) is 11.7 Å². The molecule has 8 nitrogen and oxygen atoms in total. The monoisotopic (exact) mass is 403 g/mol. The standard InChI is InChI=1S/C15H18N6O.C4H5F2N/c1-2-9-7-20(15(16)22)8-10(9)12-5-18-13-6-19-14-11(21(12)13)3-4-17-14;1-4(5,6)2-3-7/h3-6,9-10,17H,2,7-8H2,1H3,(H2,16,22);2H2,1H3/t9-,10+;/m1./s1. The fourth-order valence-electron chi connectivity index (χ4n) is 3.69. The van der Waals surface area contributed by atoms with Crippen molar-refractivity contribution >= 4 is 22.8 Å². The summed E-state index contributed by atoms with van der Waals surface area (Å²) < 4.78 is 25.1. The second kappa shape index (κ2) is 8.03. The summed E-state index contributed by atoms with van der Waals surface area (Å²) in [6.45, 7) is 4.23. The number of amides is 2. The molecule has 3 N–H and O–H groups in total. The first-order valence-corrected chi connectivity index (χ1v) is 9.33. The third kappa shape index (κ3) is 4.29. The number of likely N-dealkylation sites (tertiary alicyclic amines) is 1. The summed E-state index contributed by atoms with van der Waals surface area (Å²) in [6.07, 6.45) is 5.87. The fraction of sp³-hybridized carbons (Fsp3) is 0.474. The van der Waals surface area contributed by atoms with Crippen LogP contribution in [0, 0.1) is 17.2 Å².